The molecule has 2 rings (SSSR count). The van der Waals surface area contributed by atoms with Crippen LogP contribution in [-0.2, 0) is 6.54 Å². The second-order valence-corrected chi connectivity index (χ2v) is 5.38. The van der Waals surface area contributed by atoms with Gasteiger partial charge in [0.2, 0.25) is 0 Å². The van der Waals surface area contributed by atoms with Crippen molar-refractivity contribution in [3.8, 4) is 5.75 Å². The molecule has 0 atom stereocenters. The first-order valence-electron chi connectivity index (χ1n) is 6.48. The van der Waals surface area contributed by atoms with Crippen molar-refractivity contribution >= 4 is 11.8 Å². The van der Waals surface area contributed by atoms with Gasteiger partial charge in [-0.3, -0.25) is 0 Å². The summed E-state index contributed by atoms with van der Waals surface area (Å²) in [5.74, 6) is 1.98. The van der Waals surface area contributed by atoms with Crippen molar-refractivity contribution in [3.63, 3.8) is 0 Å². The predicted molar refractivity (Wildman–Crippen MR) is 81.6 cm³/mol. The standard InChI is InChI=1S/C16H19NOS/c17-13-14-6-4-7-15(12-14)18-10-5-11-19-16-8-2-1-3-9-16/h1-4,6-9,12H,5,10-11,13,17H2. The van der Waals surface area contributed by atoms with Gasteiger partial charge in [0.25, 0.3) is 0 Å². The van der Waals surface area contributed by atoms with E-state index in [1.165, 1.54) is 4.90 Å². The highest BCUT2D eigenvalue weighted by atomic mass is 32.2. The molecule has 0 bridgehead atoms. The molecular weight excluding hydrogens is 254 g/mol. The highest BCUT2D eigenvalue weighted by Gasteiger charge is 1.97. The van der Waals surface area contributed by atoms with Crippen molar-refractivity contribution < 1.29 is 4.74 Å². The van der Waals surface area contributed by atoms with Gasteiger partial charge in [0.1, 0.15) is 5.75 Å². The largest absolute Gasteiger partial charge is 0.494 e. The smallest absolute Gasteiger partial charge is 0.119 e. The molecule has 0 aliphatic heterocycles. The van der Waals surface area contributed by atoms with E-state index in [0.717, 1.165) is 30.1 Å². The van der Waals surface area contributed by atoms with Crippen molar-refractivity contribution in [2.45, 2.75) is 17.9 Å². The Kier molecular flexibility index (Phi) is 5.79. The molecule has 3 heteroatoms. The molecule has 0 unspecified atom stereocenters. The Morgan fingerprint density at radius 1 is 1.00 bits per heavy atom. The Bertz CT molecular complexity index is 487. The molecule has 2 aromatic rings. The third-order valence-corrected chi connectivity index (χ3v) is 3.80. The van der Waals surface area contributed by atoms with Crippen LogP contribution in [0.4, 0.5) is 0 Å². The molecule has 0 radical (unpaired) electrons. The molecule has 100 valence electrons. The Morgan fingerprint density at radius 3 is 2.63 bits per heavy atom. The summed E-state index contributed by atoms with van der Waals surface area (Å²) in [6.07, 6.45) is 1.03. The average Bonchev–Trinajstić information content (AvgIpc) is 2.48. The Morgan fingerprint density at radius 2 is 1.84 bits per heavy atom. The van der Waals surface area contributed by atoms with Gasteiger partial charge >= 0.3 is 0 Å². The molecule has 19 heavy (non-hydrogen) atoms. The lowest BCUT2D eigenvalue weighted by molar-refractivity contribution is 0.318. The number of ether oxygens (including phenoxy) is 1. The molecule has 2 nitrogen and oxygen atoms in total. The summed E-state index contributed by atoms with van der Waals surface area (Å²) in [6, 6.07) is 18.4. The van der Waals surface area contributed by atoms with Gasteiger partial charge in [-0.25, -0.2) is 0 Å². The van der Waals surface area contributed by atoms with Gasteiger partial charge in [0, 0.05) is 17.2 Å². The number of hydrogen-bond acceptors (Lipinski definition) is 3. The van der Waals surface area contributed by atoms with Crippen molar-refractivity contribution in [3.05, 3.63) is 60.2 Å². The zero-order chi connectivity index (χ0) is 13.3. The van der Waals surface area contributed by atoms with Crippen LogP contribution in [0.2, 0.25) is 0 Å². The van der Waals surface area contributed by atoms with Gasteiger partial charge in [0.15, 0.2) is 0 Å². The third-order valence-electron chi connectivity index (χ3n) is 2.70. The van der Waals surface area contributed by atoms with Crippen LogP contribution in [-0.4, -0.2) is 12.4 Å². The molecule has 0 saturated heterocycles. The van der Waals surface area contributed by atoms with Crippen LogP contribution in [0.25, 0.3) is 0 Å². The van der Waals surface area contributed by atoms with Crippen molar-refractivity contribution in [1.29, 1.82) is 0 Å². The van der Waals surface area contributed by atoms with E-state index in [4.69, 9.17) is 10.5 Å². The summed E-state index contributed by atoms with van der Waals surface area (Å²) in [5, 5.41) is 0. The fourth-order valence-electron chi connectivity index (χ4n) is 1.72. The third kappa shape index (κ3) is 4.97. The summed E-state index contributed by atoms with van der Waals surface area (Å²) >= 11 is 1.86. The van der Waals surface area contributed by atoms with Crippen LogP contribution in [0.3, 0.4) is 0 Å². The highest BCUT2D eigenvalue weighted by Crippen LogP contribution is 2.18. The van der Waals surface area contributed by atoms with Crippen LogP contribution in [0.15, 0.2) is 59.5 Å². The van der Waals surface area contributed by atoms with Gasteiger partial charge in [-0.05, 0) is 36.2 Å². The van der Waals surface area contributed by atoms with E-state index in [1.54, 1.807) is 0 Å². The highest BCUT2D eigenvalue weighted by molar-refractivity contribution is 7.99. The number of thioether (sulfide) groups is 1. The minimum Gasteiger partial charge on any atom is -0.494 e. The van der Waals surface area contributed by atoms with E-state index in [1.807, 2.05) is 42.1 Å². The Balaban J connectivity index is 1.66. The molecule has 0 aromatic heterocycles. The summed E-state index contributed by atoms with van der Waals surface area (Å²) in [5.41, 5.74) is 6.71. The second-order valence-electron chi connectivity index (χ2n) is 4.22. The average molecular weight is 273 g/mol. The van der Waals surface area contributed by atoms with Crippen molar-refractivity contribution in [2.75, 3.05) is 12.4 Å². The van der Waals surface area contributed by atoms with E-state index >= 15 is 0 Å². The summed E-state index contributed by atoms with van der Waals surface area (Å²) in [6.45, 7) is 1.30. The summed E-state index contributed by atoms with van der Waals surface area (Å²) in [7, 11) is 0. The number of hydrogen-bond donors (Lipinski definition) is 1. The summed E-state index contributed by atoms with van der Waals surface area (Å²) in [4.78, 5) is 1.31. The van der Waals surface area contributed by atoms with Crippen LogP contribution in [0, 0.1) is 0 Å². The molecule has 2 N–H and O–H groups in total. The quantitative estimate of drug-likeness (QED) is 0.617. The van der Waals surface area contributed by atoms with Gasteiger partial charge in [-0.2, -0.15) is 0 Å². The van der Waals surface area contributed by atoms with Gasteiger partial charge in [-0.1, -0.05) is 30.3 Å². The molecule has 0 saturated carbocycles. The molecule has 0 amide bonds. The molecule has 0 heterocycles. The molecule has 0 spiro atoms. The molecular formula is C16H19NOS. The Hall–Kier alpha value is -1.45. The first kappa shape index (κ1) is 14.0. The predicted octanol–water partition coefficient (Wildman–Crippen LogP) is 3.71. The van der Waals surface area contributed by atoms with Crippen LogP contribution in [0.1, 0.15) is 12.0 Å². The Labute approximate surface area is 119 Å². The van der Waals surface area contributed by atoms with E-state index in [9.17, 15) is 0 Å². The van der Waals surface area contributed by atoms with Gasteiger partial charge < -0.3 is 10.5 Å². The maximum Gasteiger partial charge on any atom is 0.119 e. The van der Waals surface area contributed by atoms with E-state index < -0.39 is 0 Å². The SMILES string of the molecule is NCc1cccc(OCCCSc2ccccc2)c1. The fraction of sp³-hybridized carbons (Fsp3) is 0.250. The molecule has 0 fully saturated rings. The van der Waals surface area contributed by atoms with Crippen LogP contribution >= 0.6 is 11.8 Å². The lowest BCUT2D eigenvalue weighted by Crippen LogP contribution is -2.00. The molecule has 2 aromatic carbocycles. The van der Waals surface area contributed by atoms with E-state index in [-0.39, 0.29) is 0 Å². The van der Waals surface area contributed by atoms with Crippen LogP contribution < -0.4 is 10.5 Å². The van der Waals surface area contributed by atoms with Crippen molar-refractivity contribution in [1.82, 2.24) is 0 Å². The maximum atomic E-state index is 5.72. The monoisotopic (exact) mass is 273 g/mol. The lowest BCUT2D eigenvalue weighted by atomic mass is 10.2. The second kappa shape index (κ2) is 7.87. The minimum atomic E-state index is 0.557. The van der Waals surface area contributed by atoms with Gasteiger partial charge in [-0.15, -0.1) is 11.8 Å². The van der Waals surface area contributed by atoms with E-state index in [0.29, 0.717) is 6.54 Å². The number of benzene rings is 2. The molecule has 0 aliphatic rings. The van der Waals surface area contributed by atoms with E-state index in [2.05, 4.69) is 24.3 Å². The normalized spacial score (nSPS) is 10.4. The lowest BCUT2D eigenvalue weighted by Gasteiger charge is -2.07. The minimum absolute atomic E-state index is 0.557. The number of rotatable bonds is 7. The zero-order valence-electron chi connectivity index (χ0n) is 10.9. The first-order chi connectivity index (χ1) is 9.38. The topological polar surface area (TPSA) is 35.2 Å². The summed E-state index contributed by atoms with van der Waals surface area (Å²) < 4.78 is 5.72. The fourth-order valence-corrected chi connectivity index (χ4v) is 2.57. The number of nitrogens with two attached hydrogens (primary N) is 1. The maximum absolute atomic E-state index is 5.72. The van der Waals surface area contributed by atoms with Crippen LogP contribution in [0.5, 0.6) is 5.75 Å². The van der Waals surface area contributed by atoms with Gasteiger partial charge in [0.05, 0.1) is 6.61 Å². The first-order valence-corrected chi connectivity index (χ1v) is 7.47. The molecule has 0 aliphatic carbocycles. The van der Waals surface area contributed by atoms with Crippen molar-refractivity contribution in [2.24, 2.45) is 5.73 Å². The zero-order valence-corrected chi connectivity index (χ0v) is 11.7.